The summed E-state index contributed by atoms with van der Waals surface area (Å²) < 4.78 is 5.84. The zero-order chi connectivity index (χ0) is 18.7. The number of hydrogen-bond donors (Lipinski definition) is 1. The first-order chi connectivity index (χ1) is 12.5. The molecule has 3 rings (SSSR count). The number of para-hydroxylation sites is 2. The lowest BCUT2D eigenvalue weighted by molar-refractivity contribution is -0.384. The van der Waals surface area contributed by atoms with Gasteiger partial charge in [-0.3, -0.25) is 14.9 Å². The molecule has 1 aliphatic rings. The molecule has 1 N–H and O–H groups in total. The van der Waals surface area contributed by atoms with Gasteiger partial charge in [0.2, 0.25) is 0 Å². The minimum atomic E-state index is -0.706. The summed E-state index contributed by atoms with van der Waals surface area (Å²) in [5.41, 5.74) is 1.25. The number of nitrogens with one attached hydrogen (secondary N) is 1. The average molecular weight is 376 g/mol. The van der Waals surface area contributed by atoms with Crippen molar-refractivity contribution in [1.82, 2.24) is 5.32 Å². The molecule has 26 heavy (non-hydrogen) atoms. The highest BCUT2D eigenvalue weighted by Crippen LogP contribution is 2.41. The van der Waals surface area contributed by atoms with E-state index in [9.17, 15) is 14.9 Å². The van der Waals surface area contributed by atoms with Crippen LogP contribution in [0.2, 0.25) is 5.02 Å². The third kappa shape index (κ3) is 3.57. The molecule has 136 valence electrons. The summed E-state index contributed by atoms with van der Waals surface area (Å²) in [6, 6.07) is 11.6. The standard InChI is InChI=1S/C18H18ClN3O4/c1-2-9-20-18(23)17-11-21(15-5-3-4-6-16(15)26-17)14-8-7-12(22(24)25)10-13(14)19/h3-8,10,17H,2,9,11H2,1H3,(H,20,23)/t17-/m0/s1. The molecule has 0 aliphatic carbocycles. The SMILES string of the molecule is CCCNC(=O)[C@@H]1CN(c2ccc([N+](=O)[O-])cc2Cl)c2ccccc2O1. The molecule has 1 heterocycles. The second-order valence-corrected chi connectivity index (χ2v) is 6.28. The predicted octanol–water partition coefficient (Wildman–Crippen LogP) is 3.67. The zero-order valence-electron chi connectivity index (χ0n) is 14.1. The van der Waals surface area contributed by atoms with E-state index in [1.54, 1.807) is 12.1 Å². The summed E-state index contributed by atoms with van der Waals surface area (Å²) in [5.74, 6) is 0.356. The second kappa shape index (κ2) is 7.61. The quantitative estimate of drug-likeness (QED) is 0.636. The van der Waals surface area contributed by atoms with E-state index in [1.165, 1.54) is 12.1 Å². The number of carbonyl (C=O) groups excluding carboxylic acids is 1. The van der Waals surface area contributed by atoms with Gasteiger partial charge in [-0.25, -0.2) is 0 Å². The van der Waals surface area contributed by atoms with Gasteiger partial charge in [-0.05, 0) is 24.6 Å². The van der Waals surface area contributed by atoms with Crippen molar-refractivity contribution in [2.75, 3.05) is 18.0 Å². The predicted molar refractivity (Wildman–Crippen MR) is 99.3 cm³/mol. The molecule has 0 unspecified atom stereocenters. The number of anilines is 2. The fourth-order valence-electron chi connectivity index (χ4n) is 2.79. The fraction of sp³-hybridized carbons (Fsp3) is 0.278. The van der Waals surface area contributed by atoms with Gasteiger partial charge >= 0.3 is 0 Å². The van der Waals surface area contributed by atoms with Crippen LogP contribution in [0, 0.1) is 10.1 Å². The van der Waals surface area contributed by atoms with E-state index in [2.05, 4.69) is 5.32 Å². The Kier molecular flexibility index (Phi) is 5.27. The van der Waals surface area contributed by atoms with E-state index in [0.717, 1.165) is 12.1 Å². The molecular formula is C18H18ClN3O4. The van der Waals surface area contributed by atoms with E-state index < -0.39 is 11.0 Å². The fourth-order valence-corrected chi connectivity index (χ4v) is 3.07. The minimum absolute atomic E-state index is 0.0856. The highest BCUT2D eigenvalue weighted by molar-refractivity contribution is 6.33. The number of benzene rings is 2. The topological polar surface area (TPSA) is 84.7 Å². The van der Waals surface area contributed by atoms with Gasteiger partial charge < -0.3 is 15.0 Å². The summed E-state index contributed by atoms with van der Waals surface area (Å²) in [5, 5.41) is 14.0. The van der Waals surface area contributed by atoms with Crippen molar-refractivity contribution < 1.29 is 14.5 Å². The highest BCUT2D eigenvalue weighted by atomic mass is 35.5. The van der Waals surface area contributed by atoms with Crippen molar-refractivity contribution in [3.8, 4) is 5.75 Å². The lowest BCUT2D eigenvalue weighted by atomic mass is 10.1. The van der Waals surface area contributed by atoms with E-state index in [1.807, 2.05) is 30.0 Å². The Labute approximate surface area is 155 Å². The lowest BCUT2D eigenvalue weighted by Gasteiger charge is -2.36. The summed E-state index contributed by atoms with van der Waals surface area (Å²) in [4.78, 5) is 24.7. The van der Waals surface area contributed by atoms with Crippen LogP contribution in [-0.2, 0) is 4.79 Å². The number of halogens is 1. The van der Waals surface area contributed by atoms with Crippen LogP contribution in [0.25, 0.3) is 0 Å². The first kappa shape index (κ1) is 18.0. The third-order valence-corrected chi connectivity index (χ3v) is 4.35. The summed E-state index contributed by atoms with van der Waals surface area (Å²) in [6.45, 7) is 2.79. The van der Waals surface area contributed by atoms with Crippen LogP contribution < -0.4 is 15.0 Å². The normalized spacial score (nSPS) is 15.8. The van der Waals surface area contributed by atoms with Gasteiger partial charge in [0, 0.05) is 18.7 Å². The van der Waals surface area contributed by atoms with Crippen LogP contribution >= 0.6 is 11.6 Å². The van der Waals surface area contributed by atoms with Crippen LogP contribution in [0.1, 0.15) is 13.3 Å². The largest absolute Gasteiger partial charge is 0.477 e. The number of fused-ring (bicyclic) bond motifs is 1. The molecule has 0 saturated carbocycles. The van der Waals surface area contributed by atoms with Gasteiger partial charge in [-0.1, -0.05) is 30.7 Å². The van der Waals surface area contributed by atoms with Crippen molar-refractivity contribution in [3.63, 3.8) is 0 Å². The number of nitro groups is 1. The first-order valence-electron chi connectivity index (χ1n) is 8.26. The molecule has 0 bridgehead atoms. The maximum Gasteiger partial charge on any atom is 0.271 e. The maximum absolute atomic E-state index is 12.4. The Hall–Kier alpha value is -2.80. The molecule has 0 saturated heterocycles. The Morgan fingerprint density at radius 2 is 2.12 bits per heavy atom. The van der Waals surface area contributed by atoms with Gasteiger partial charge in [-0.15, -0.1) is 0 Å². The molecule has 2 aromatic carbocycles. The Morgan fingerprint density at radius 3 is 2.81 bits per heavy atom. The number of ether oxygens (including phenoxy) is 1. The van der Waals surface area contributed by atoms with Gasteiger partial charge in [0.1, 0.15) is 5.75 Å². The molecule has 1 aliphatic heterocycles. The number of nitrogens with zero attached hydrogens (tertiary/aromatic N) is 2. The summed E-state index contributed by atoms with van der Waals surface area (Å²) >= 11 is 6.30. The smallest absolute Gasteiger partial charge is 0.271 e. The van der Waals surface area contributed by atoms with Crippen LogP contribution in [0.3, 0.4) is 0 Å². The van der Waals surface area contributed by atoms with Crippen molar-refractivity contribution in [3.05, 3.63) is 57.6 Å². The Bertz CT molecular complexity index is 843. The second-order valence-electron chi connectivity index (χ2n) is 5.87. The minimum Gasteiger partial charge on any atom is -0.477 e. The number of amides is 1. The van der Waals surface area contributed by atoms with Crippen molar-refractivity contribution in [2.45, 2.75) is 19.4 Å². The summed E-state index contributed by atoms with van der Waals surface area (Å²) in [7, 11) is 0. The van der Waals surface area contributed by atoms with Gasteiger partial charge in [0.05, 0.1) is 27.9 Å². The van der Waals surface area contributed by atoms with E-state index >= 15 is 0 Å². The van der Waals surface area contributed by atoms with Crippen molar-refractivity contribution >= 4 is 34.6 Å². The van der Waals surface area contributed by atoms with Gasteiger partial charge in [0.15, 0.2) is 6.10 Å². The molecule has 0 aromatic heterocycles. The summed E-state index contributed by atoms with van der Waals surface area (Å²) in [6.07, 6.45) is 0.121. The molecule has 0 spiro atoms. The molecule has 1 amide bonds. The van der Waals surface area contributed by atoms with Crippen molar-refractivity contribution in [1.29, 1.82) is 0 Å². The molecule has 0 fully saturated rings. The van der Waals surface area contributed by atoms with Crippen LogP contribution in [0.15, 0.2) is 42.5 Å². The molecule has 1 atom stereocenters. The van der Waals surface area contributed by atoms with Crippen LogP contribution in [-0.4, -0.2) is 30.0 Å². The lowest BCUT2D eigenvalue weighted by Crippen LogP contribution is -2.47. The number of carbonyl (C=O) groups is 1. The number of hydrogen-bond acceptors (Lipinski definition) is 5. The Balaban J connectivity index is 1.97. The van der Waals surface area contributed by atoms with Gasteiger partial charge in [-0.2, -0.15) is 0 Å². The number of rotatable bonds is 5. The van der Waals surface area contributed by atoms with Crippen molar-refractivity contribution in [2.24, 2.45) is 0 Å². The molecule has 0 radical (unpaired) electrons. The van der Waals surface area contributed by atoms with E-state index in [4.69, 9.17) is 16.3 Å². The molecule has 8 heteroatoms. The average Bonchev–Trinajstić information content (AvgIpc) is 2.65. The van der Waals surface area contributed by atoms with E-state index in [0.29, 0.717) is 18.0 Å². The van der Waals surface area contributed by atoms with E-state index in [-0.39, 0.29) is 23.2 Å². The third-order valence-electron chi connectivity index (χ3n) is 4.05. The Morgan fingerprint density at radius 1 is 1.35 bits per heavy atom. The number of non-ortho nitro benzene ring substituents is 1. The zero-order valence-corrected chi connectivity index (χ0v) is 14.9. The van der Waals surface area contributed by atoms with Gasteiger partial charge in [0.25, 0.3) is 11.6 Å². The maximum atomic E-state index is 12.4. The molecule has 7 nitrogen and oxygen atoms in total. The number of nitro benzene ring substituents is 1. The highest BCUT2D eigenvalue weighted by Gasteiger charge is 2.32. The van der Waals surface area contributed by atoms with Crippen LogP contribution in [0.5, 0.6) is 5.75 Å². The monoisotopic (exact) mass is 375 g/mol. The molecular weight excluding hydrogens is 358 g/mol. The molecule has 2 aromatic rings. The van der Waals surface area contributed by atoms with Crippen LogP contribution in [0.4, 0.5) is 17.1 Å². The first-order valence-corrected chi connectivity index (χ1v) is 8.64.